The molecule has 2 aliphatic rings. The molecule has 0 amide bonds. The molecular formula is C30H28O10. The first kappa shape index (κ1) is 26.7. The largest absolute Gasteiger partial charge is 0.496 e. The molecule has 40 heavy (non-hydrogen) atoms. The summed E-state index contributed by atoms with van der Waals surface area (Å²) in [5.41, 5.74) is 2.10. The Balaban J connectivity index is 1.64. The standard InChI is InChI=1S/C30H28O10/c1-33-20-9-7-15(28(37-5)30(20)38-6)11-24-27(32)16-8-10-19-26(29(16)40-24)18(13-25(31)39-19)17-12-22(35-3)23(36-4)14-21(17)34-2/h7-12,14,18H,13H2,1-6H3/b24-11-/t18-/m0/s1. The van der Waals surface area contributed by atoms with Crippen LogP contribution in [0.25, 0.3) is 6.08 Å². The summed E-state index contributed by atoms with van der Waals surface area (Å²) in [6.45, 7) is 0. The number of hydrogen-bond donors (Lipinski definition) is 0. The SMILES string of the molecule is COc1cc(OC)c([C@@H]2CC(=O)Oc3ccc4c(c32)O/C(=C\c2ccc(OC)c(OC)c2OC)C4=O)cc1OC. The van der Waals surface area contributed by atoms with E-state index in [4.69, 9.17) is 37.9 Å². The molecule has 0 aliphatic carbocycles. The molecule has 1 atom stereocenters. The summed E-state index contributed by atoms with van der Waals surface area (Å²) in [5, 5.41) is 0. The quantitative estimate of drug-likeness (QED) is 0.221. The van der Waals surface area contributed by atoms with Crippen molar-refractivity contribution >= 4 is 17.8 Å². The molecule has 10 heteroatoms. The molecule has 3 aromatic carbocycles. The molecule has 0 saturated carbocycles. The minimum absolute atomic E-state index is 0.00457. The number of carbonyl (C=O) groups is 2. The topological polar surface area (TPSA) is 108 Å². The van der Waals surface area contributed by atoms with Gasteiger partial charge < -0.3 is 37.9 Å². The second-order valence-electron chi connectivity index (χ2n) is 8.90. The van der Waals surface area contributed by atoms with Crippen molar-refractivity contribution in [1.29, 1.82) is 0 Å². The third-order valence-corrected chi connectivity index (χ3v) is 6.91. The summed E-state index contributed by atoms with van der Waals surface area (Å²) >= 11 is 0. The van der Waals surface area contributed by atoms with Gasteiger partial charge in [-0.05, 0) is 36.4 Å². The highest BCUT2D eigenvalue weighted by molar-refractivity contribution is 6.15. The number of methoxy groups -OCH3 is 6. The second-order valence-corrected chi connectivity index (χ2v) is 8.90. The molecule has 0 unspecified atom stereocenters. The number of carbonyl (C=O) groups excluding carboxylic acids is 2. The Labute approximate surface area is 230 Å². The third kappa shape index (κ3) is 4.31. The molecule has 0 N–H and O–H groups in total. The Bertz CT molecular complexity index is 1540. The molecule has 0 fully saturated rings. The smallest absolute Gasteiger partial charge is 0.312 e. The van der Waals surface area contributed by atoms with Gasteiger partial charge in [0.1, 0.15) is 17.2 Å². The van der Waals surface area contributed by atoms with Crippen molar-refractivity contribution < 1.29 is 47.5 Å². The summed E-state index contributed by atoms with van der Waals surface area (Å²) in [6, 6.07) is 10.1. The highest BCUT2D eigenvalue weighted by atomic mass is 16.5. The van der Waals surface area contributed by atoms with E-state index in [1.807, 2.05) is 0 Å². The van der Waals surface area contributed by atoms with Gasteiger partial charge >= 0.3 is 5.97 Å². The molecule has 0 radical (unpaired) electrons. The summed E-state index contributed by atoms with van der Waals surface area (Å²) < 4.78 is 44.8. The number of esters is 1. The van der Waals surface area contributed by atoms with Crippen LogP contribution in [0.5, 0.6) is 46.0 Å². The number of rotatable bonds is 8. The molecule has 0 bridgehead atoms. The number of ketones is 1. The van der Waals surface area contributed by atoms with Gasteiger partial charge in [0.15, 0.2) is 28.8 Å². The maximum absolute atomic E-state index is 13.5. The van der Waals surface area contributed by atoms with Crippen molar-refractivity contribution in [2.45, 2.75) is 12.3 Å². The lowest BCUT2D eigenvalue weighted by molar-refractivity contribution is -0.135. The molecule has 2 heterocycles. The number of fused-ring (bicyclic) bond motifs is 3. The zero-order valence-corrected chi connectivity index (χ0v) is 22.9. The highest BCUT2D eigenvalue weighted by Gasteiger charge is 2.40. The lowest BCUT2D eigenvalue weighted by Gasteiger charge is -2.28. The van der Waals surface area contributed by atoms with Crippen LogP contribution in [0.2, 0.25) is 0 Å². The zero-order valence-electron chi connectivity index (χ0n) is 22.9. The maximum atomic E-state index is 13.5. The Morgan fingerprint density at radius 3 is 2.05 bits per heavy atom. The molecule has 3 aromatic rings. The van der Waals surface area contributed by atoms with Gasteiger partial charge in [0.05, 0.1) is 54.6 Å². The van der Waals surface area contributed by atoms with E-state index >= 15 is 0 Å². The van der Waals surface area contributed by atoms with Crippen LogP contribution in [-0.2, 0) is 4.79 Å². The molecule has 2 aliphatic heterocycles. The molecule has 208 valence electrons. The van der Waals surface area contributed by atoms with E-state index in [2.05, 4.69) is 0 Å². The monoisotopic (exact) mass is 548 g/mol. The van der Waals surface area contributed by atoms with E-state index in [1.165, 1.54) is 42.7 Å². The van der Waals surface area contributed by atoms with Gasteiger partial charge in [-0.3, -0.25) is 9.59 Å². The molecule has 0 saturated heterocycles. The average molecular weight is 549 g/mol. The Kier molecular flexibility index (Phi) is 7.17. The summed E-state index contributed by atoms with van der Waals surface area (Å²) in [6.07, 6.45) is 1.58. The van der Waals surface area contributed by atoms with Gasteiger partial charge in [0.2, 0.25) is 11.5 Å². The number of Topliss-reactive ketones (excluding diaryl/α,β-unsaturated/α-hetero) is 1. The molecule has 0 spiro atoms. The van der Waals surface area contributed by atoms with Crippen molar-refractivity contribution in [1.82, 2.24) is 0 Å². The van der Waals surface area contributed by atoms with Crippen LogP contribution >= 0.6 is 0 Å². The first-order chi connectivity index (χ1) is 19.4. The van der Waals surface area contributed by atoms with Crippen LogP contribution in [0.1, 0.15) is 39.4 Å². The van der Waals surface area contributed by atoms with Gasteiger partial charge in [-0.15, -0.1) is 0 Å². The van der Waals surface area contributed by atoms with Crippen molar-refractivity contribution in [3.8, 4) is 46.0 Å². The predicted molar refractivity (Wildman–Crippen MR) is 144 cm³/mol. The van der Waals surface area contributed by atoms with E-state index in [0.717, 1.165) is 0 Å². The summed E-state index contributed by atoms with van der Waals surface area (Å²) in [5.74, 6) is 2.03. The van der Waals surface area contributed by atoms with Gasteiger partial charge in [-0.2, -0.15) is 0 Å². The van der Waals surface area contributed by atoms with Crippen LogP contribution in [-0.4, -0.2) is 54.4 Å². The lowest BCUT2D eigenvalue weighted by Crippen LogP contribution is -2.22. The maximum Gasteiger partial charge on any atom is 0.312 e. The van der Waals surface area contributed by atoms with E-state index in [1.54, 1.807) is 42.5 Å². The van der Waals surface area contributed by atoms with Crippen molar-refractivity contribution in [2.75, 3.05) is 42.7 Å². The minimum atomic E-state index is -0.552. The van der Waals surface area contributed by atoms with Crippen LogP contribution in [0.4, 0.5) is 0 Å². The Morgan fingerprint density at radius 2 is 1.40 bits per heavy atom. The van der Waals surface area contributed by atoms with Gasteiger partial charge in [0, 0.05) is 28.7 Å². The summed E-state index contributed by atoms with van der Waals surface area (Å²) in [4.78, 5) is 26.2. The fourth-order valence-electron chi connectivity index (χ4n) is 5.08. The van der Waals surface area contributed by atoms with Crippen LogP contribution in [0.3, 0.4) is 0 Å². The van der Waals surface area contributed by atoms with Gasteiger partial charge in [-0.25, -0.2) is 0 Å². The molecule has 0 aromatic heterocycles. The second kappa shape index (κ2) is 10.7. The number of ether oxygens (including phenoxy) is 8. The van der Waals surface area contributed by atoms with Gasteiger partial charge in [0.25, 0.3) is 0 Å². The molecular weight excluding hydrogens is 520 g/mol. The fraction of sp³-hybridized carbons (Fsp3) is 0.267. The minimum Gasteiger partial charge on any atom is -0.496 e. The highest BCUT2D eigenvalue weighted by Crippen LogP contribution is 2.52. The predicted octanol–water partition coefficient (Wildman–Crippen LogP) is 4.80. The lowest BCUT2D eigenvalue weighted by atomic mass is 9.84. The normalized spacial score (nSPS) is 16.4. The van der Waals surface area contributed by atoms with E-state index in [-0.39, 0.29) is 18.0 Å². The Hall–Kier alpha value is -4.86. The van der Waals surface area contributed by atoms with Crippen LogP contribution < -0.4 is 37.9 Å². The van der Waals surface area contributed by atoms with E-state index < -0.39 is 11.9 Å². The zero-order chi connectivity index (χ0) is 28.6. The van der Waals surface area contributed by atoms with Gasteiger partial charge in [-0.1, -0.05) is 0 Å². The Morgan fingerprint density at radius 1 is 0.725 bits per heavy atom. The average Bonchev–Trinajstić information content (AvgIpc) is 3.29. The third-order valence-electron chi connectivity index (χ3n) is 6.91. The fourth-order valence-corrected chi connectivity index (χ4v) is 5.08. The first-order valence-corrected chi connectivity index (χ1v) is 12.3. The van der Waals surface area contributed by atoms with Crippen molar-refractivity contribution in [2.24, 2.45) is 0 Å². The molecule has 10 nitrogen and oxygen atoms in total. The number of allylic oxidation sites excluding steroid dienone is 1. The van der Waals surface area contributed by atoms with Crippen LogP contribution in [0.15, 0.2) is 42.2 Å². The molecule has 5 rings (SSSR count). The number of benzene rings is 3. The van der Waals surface area contributed by atoms with E-state index in [9.17, 15) is 9.59 Å². The number of hydrogen-bond acceptors (Lipinski definition) is 10. The first-order valence-electron chi connectivity index (χ1n) is 12.3. The van der Waals surface area contributed by atoms with E-state index in [0.29, 0.717) is 68.2 Å². The summed E-state index contributed by atoms with van der Waals surface area (Å²) in [7, 11) is 9.10. The van der Waals surface area contributed by atoms with Crippen molar-refractivity contribution in [3.05, 3.63) is 64.4 Å². The van der Waals surface area contributed by atoms with Crippen molar-refractivity contribution in [3.63, 3.8) is 0 Å². The van der Waals surface area contributed by atoms with Crippen LogP contribution in [0, 0.1) is 0 Å².